The number of aromatic amines is 1. The number of nitrogens with zero attached hydrogens (tertiary/aromatic N) is 4. The predicted octanol–water partition coefficient (Wildman–Crippen LogP) is 5.23. The third kappa shape index (κ3) is 7.42. The molecule has 0 saturated carbocycles. The number of aromatic nitrogens is 1. The topological polar surface area (TPSA) is 118 Å². The summed E-state index contributed by atoms with van der Waals surface area (Å²) in [6.45, 7) is 13.6. The summed E-state index contributed by atoms with van der Waals surface area (Å²) in [5.41, 5.74) is 8.58. The summed E-state index contributed by atoms with van der Waals surface area (Å²) in [6.07, 6.45) is 1.85. The molecule has 276 valence electrons. The van der Waals surface area contributed by atoms with Crippen molar-refractivity contribution in [1.29, 1.82) is 0 Å². The number of carbonyl (C=O) groups excluding carboxylic acids is 3. The first-order chi connectivity index (χ1) is 25.6. The van der Waals surface area contributed by atoms with Crippen LogP contribution in [0.2, 0.25) is 0 Å². The smallest absolute Gasteiger partial charge is 0.276 e. The zero-order valence-electron chi connectivity index (χ0n) is 31.0. The number of hydrogen-bond donors (Lipinski definition) is 2. The quantitative estimate of drug-likeness (QED) is 0.215. The van der Waals surface area contributed by atoms with Crippen molar-refractivity contribution in [3.63, 3.8) is 0 Å². The van der Waals surface area contributed by atoms with Crippen molar-refractivity contribution >= 4 is 23.4 Å². The standard InChI is InChI=1S/C42H48N6O5/c1-5-47(33-14-20-53-21-15-33)38-24-32(23-36(29(38)4)39(49)43-25-37-27(2)22-28(3)44-40(37)50)31-12-10-30(11-13-31)26-45-16-18-46(19-17-45)48-41(51)34-8-6-7-9-35(34)42(48)52/h6-13,22-24,33H,5,14-21,25-26H2,1-4H3,(H,43,49)(H,44,50). The van der Waals surface area contributed by atoms with Crippen LogP contribution in [0.4, 0.5) is 5.69 Å². The number of ether oxygens (including phenoxy) is 1. The highest BCUT2D eigenvalue weighted by Crippen LogP contribution is 2.34. The number of rotatable bonds is 10. The van der Waals surface area contributed by atoms with Gasteiger partial charge in [0.1, 0.15) is 0 Å². The maximum Gasteiger partial charge on any atom is 0.276 e. The van der Waals surface area contributed by atoms with Gasteiger partial charge in [-0.1, -0.05) is 36.4 Å². The fourth-order valence-corrected chi connectivity index (χ4v) is 7.98. The third-order valence-electron chi connectivity index (χ3n) is 10.9. The van der Waals surface area contributed by atoms with E-state index in [1.54, 1.807) is 24.3 Å². The Morgan fingerprint density at radius 3 is 2.15 bits per heavy atom. The van der Waals surface area contributed by atoms with Crippen molar-refractivity contribution in [2.75, 3.05) is 50.8 Å². The molecule has 0 spiro atoms. The highest BCUT2D eigenvalue weighted by Gasteiger charge is 2.40. The van der Waals surface area contributed by atoms with E-state index in [2.05, 4.69) is 57.4 Å². The number of hydrazine groups is 1. The molecule has 3 aliphatic heterocycles. The van der Waals surface area contributed by atoms with Gasteiger partial charge >= 0.3 is 0 Å². The van der Waals surface area contributed by atoms with E-state index in [4.69, 9.17) is 4.74 Å². The fourth-order valence-electron chi connectivity index (χ4n) is 7.98. The highest BCUT2D eigenvalue weighted by atomic mass is 16.5. The molecule has 4 heterocycles. The normalized spacial score (nSPS) is 16.9. The summed E-state index contributed by atoms with van der Waals surface area (Å²) in [5, 5.41) is 6.22. The van der Waals surface area contributed by atoms with Crippen molar-refractivity contribution in [3.05, 3.63) is 122 Å². The van der Waals surface area contributed by atoms with Crippen molar-refractivity contribution in [1.82, 2.24) is 25.2 Å². The molecular weight excluding hydrogens is 668 g/mol. The Hall–Kier alpha value is -5.10. The Balaban J connectivity index is 1.08. The van der Waals surface area contributed by atoms with E-state index in [0.717, 1.165) is 91.4 Å². The molecule has 53 heavy (non-hydrogen) atoms. The number of nitrogens with one attached hydrogen (secondary N) is 2. The fraction of sp³-hybridized carbons (Fsp3) is 0.381. The molecule has 3 aromatic carbocycles. The third-order valence-corrected chi connectivity index (χ3v) is 10.9. The number of H-pyrrole nitrogens is 1. The summed E-state index contributed by atoms with van der Waals surface area (Å²) in [6, 6.07) is 21.9. The summed E-state index contributed by atoms with van der Waals surface area (Å²) >= 11 is 0. The number of piperazine rings is 1. The molecule has 4 aromatic rings. The number of fused-ring (bicyclic) bond motifs is 1. The van der Waals surface area contributed by atoms with Gasteiger partial charge in [-0.25, -0.2) is 10.0 Å². The van der Waals surface area contributed by atoms with Crippen LogP contribution in [0.5, 0.6) is 0 Å². The van der Waals surface area contributed by atoms with Gasteiger partial charge in [0, 0.05) is 87.6 Å². The van der Waals surface area contributed by atoms with E-state index < -0.39 is 0 Å². The number of hydrogen-bond acceptors (Lipinski definition) is 8. The summed E-state index contributed by atoms with van der Waals surface area (Å²) in [5.74, 6) is -0.716. The minimum Gasteiger partial charge on any atom is -0.381 e. The average molecular weight is 717 g/mol. The molecule has 11 heteroatoms. The summed E-state index contributed by atoms with van der Waals surface area (Å²) in [7, 11) is 0. The molecule has 0 aliphatic carbocycles. The molecule has 0 atom stereocenters. The second-order valence-electron chi connectivity index (χ2n) is 14.3. The number of pyridine rings is 1. The summed E-state index contributed by atoms with van der Waals surface area (Å²) in [4.78, 5) is 60.2. The van der Waals surface area contributed by atoms with Crippen molar-refractivity contribution in [2.24, 2.45) is 0 Å². The Bertz CT molecular complexity index is 2040. The van der Waals surface area contributed by atoms with Gasteiger partial charge in [0.05, 0.1) is 11.1 Å². The largest absolute Gasteiger partial charge is 0.381 e. The number of imide groups is 1. The maximum absolute atomic E-state index is 13.9. The van der Waals surface area contributed by atoms with Crippen LogP contribution < -0.4 is 15.8 Å². The van der Waals surface area contributed by atoms with Gasteiger partial charge in [0.2, 0.25) is 0 Å². The molecule has 3 aliphatic rings. The van der Waals surface area contributed by atoms with Gasteiger partial charge in [0.25, 0.3) is 23.3 Å². The minimum atomic E-state index is -0.249. The Morgan fingerprint density at radius 2 is 1.53 bits per heavy atom. The number of carbonyl (C=O) groups is 3. The molecule has 3 amide bonds. The van der Waals surface area contributed by atoms with E-state index in [1.807, 2.05) is 37.9 Å². The van der Waals surface area contributed by atoms with E-state index in [1.165, 1.54) is 5.01 Å². The summed E-state index contributed by atoms with van der Waals surface area (Å²) < 4.78 is 5.68. The number of amides is 3. The Morgan fingerprint density at radius 1 is 0.868 bits per heavy atom. The number of anilines is 1. The van der Waals surface area contributed by atoms with Crippen LogP contribution in [0, 0.1) is 20.8 Å². The lowest BCUT2D eigenvalue weighted by Gasteiger charge is -2.38. The Labute approximate surface area is 310 Å². The van der Waals surface area contributed by atoms with Gasteiger partial charge in [-0.15, -0.1) is 0 Å². The van der Waals surface area contributed by atoms with Crippen LogP contribution in [0.15, 0.2) is 71.5 Å². The molecule has 0 unspecified atom stereocenters. The van der Waals surface area contributed by atoms with Crippen LogP contribution in [0.1, 0.15) is 78.8 Å². The van der Waals surface area contributed by atoms with Crippen LogP contribution in [0.25, 0.3) is 11.1 Å². The molecule has 0 bridgehead atoms. The second kappa shape index (κ2) is 15.5. The lowest BCUT2D eigenvalue weighted by molar-refractivity contribution is -0.0222. The molecule has 7 rings (SSSR count). The van der Waals surface area contributed by atoms with E-state index >= 15 is 0 Å². The zero-order valence-corrected chi connectivity index (χ0v) is 31.0. The first kappa shape index (κ1) is 36.3. The average Bonchev–Trinajstić information content (AvgIpc) is 3.42. The zero-order chi connectivity index (χ0) is 37.2. The highest BCUT2D eigenvalue weighted by molar-refractivity contribution is 6.21. The van der Waals surface area contributed by atoms with Gasteiger partial charge in [-0.05, 0) is 98.7 Å². The number of benzene rings is 3. The van der Waals surface area contributed by atoms with Gasteiger partial charge < -0.3 is 19.9 Å². The Kier molecular flexibility index (Phi) is 10.6. The van der Waals surface area contributed by atoms with Crippen molar-refractivity contribution in [3.8, 4) is 11.1 Å². The lowest BCUT2D eigenvalue weighted by atomic mass is 9.94. The van der Waals surface area contributed by atoms with Crippen LogP contribution in [-0.2, 0) is 17.8 Å². The monoisotopic (exact) mass is 716 g/mol. The van der Waals surface area contributed by atoms with Gasteiger partial charge in [-0.2, -0.15) is 0 Å². The van der Waals surface area contributed by atoms with E-state index in [0.29, 0.717) is 41.4 Å². The molecule has 1 aromatic heterocycles. The second-order valence-corrected chi connectivity index (χ2v) is 14.3. The predicted molar refractivity (Wildman–Crippen MR) is 205 cm³/mol. The van der Waals surface area contributed by atoms with Crippen LogP contribution in [0.3, 0.4) is 0 Å². The molecule has 2 N–H and O–H groups in total. The molecule has 2 fully saturated rings. The first-order valence-electron chi connectivity index (χ1n) is 18.6. The minimum absolute atomic E-state index is 0.137. The maximum atomic E-state index is 13.9. The lowest BCUT2D eigenvalue weighted by Crippen LogP contribution is -2.55. The van der Waals surface area contributed by atoms with E-state index in [-0.39, 0.29) is 29.8 Å². The molecule has 0 radical (unpaired) electrons. The van der Waals surface area contributed by atoms with Crippen LogP contribution >= 0.6 is 0 Å². The van der Waals surface area contributed by atoms with Crippen LogP contribution in [-0.4, -0.2) is 89.6 Å². The van der Waals surface area contributed by atoms with Gasteiger partial charge in [-0.3, -0.25) is 24.1 Å². The van der Waals surface area contributed by atoms with Crippen molar-refractivity contribution in [2.45, 2.75) is 59.7 Å². The van der Waals surface area contributed by atoms with Crippen molar-refractivity contribution < 1.29 is 19.1 Å². The molecular formula is C42H48N6O5. The van der Waals surface area contributed by atoms with E-state index in [9.17, 15) is 19.2 Å². The SMILES string of the molecule is CCN(c1cc(-c2ccc(CN3CCN(N4C(=O)c5ccccc5C4=O)CC3)cc2)cc(C(=O)NCc2c(C)cc(C)[nH]c2=O)c1C)C1CCOCC1. The molecule has 11 nitrogen and oxygen atoms in total. The first-order valence-corrected chi connectivity index (χ1v) is 18.6. The molecule has 2 saturated heterocycles. The van der Waals surface area contributed by atoms with Gasteiger partial charge in [0.15, 0.2) is 0 Å². The number of aryl methyl sites for hydroxylation is 2.